The van der Waals surface area contributed by atoms with Crippen LogP contribution in [0.3, 0.4) is 0 Å². The summed E-state index contributed by atoms with van der Waals surface area (Å²) in [4.78, 5) is 3.06. The van der Waals surface area contributed by atoms with Crippen molar-refractivity contribution in [2.45, 2.75) is 107 Å². The van der Waals surface area contributed by atoms with Gasteiger partial charge in [0.05, 0.1) is 0 Å². The Morgan fingerprint density at radius 1 is 0.448 bits per heavy atom. The lowest BCUT2D eigenvalue weighted by Gasteiger charge is -2.22. The van der Waals surface area contributed by atoms with E-state index in [1.165, 1.54) is 105 Å². The second-order valence-electron chi connectivity index (χ2n) is 8.42. The van der Waals surface area contributed by atoms with Crippen LogP contribution in [0.25, 0.3) is 0 Å². The van der Waals surface area contributed by atoms with Gasteiger partial charge in [-0.3, -0.25) is 0 Å². The van der Waals surface area contributed by atoms with E-state index in [4.69, 9.17) is 0 Å². The Morgan fingerprint density at radius 3 is 1.17 bits per heavy atom. The zero-order valence-corrected chi connectivity index (χ0v) is 19.7. The molecule has 0 nitrogen and oxygen atoms in total. The van der Waals surface area contributed by atoms with E-state index in [9.17, 15) is 0 Å². The second-order valence-corrected chi connectivity index (χ2v) is 10.8. The highest BCUT2D eigenvalue weighted by Gasteiger charge is 2.09. The van der Waals surface area contributed by atoms with Crippen molar-refractivity contribution in [2.24, 2.45) is 0 Å². The standard InChI is InChI=1S/C28H44S/c1-2-3-4-5-6-7-8-9-10-11-12-13-14-21-26-29(27-22-17-15-18-23-27)28-24-19-16-20-25-28/h15-20,22-25,29H,2-14,21,26H2,1H3. The molecule has 0 radical (unpaired) electrons. The van der Waals surface area contributed by atoms with Crippen LogP contribution < -0.4 is 0 Å². The highest BCUT2D eigenvalue weighted by Crippen LogP contribution is 2.44. The van der Waals surface area contributed by atoms with E-state index in [1.54, 1.807) is 0 Å². The maximum atomic E-state index is 2.32. The van der Waals surface area contributed by atoms with Gasteiger partial charge < -0.3 is 0 Å². The molecule has 0 amide bonds. The van der Waals surface area contributed by atoms with Crippen molar-refractivity contribution >= 4 is 10.9 Å². The lowest BCUT2D eigenvalue weighted by molar-refractivity contribution is 0.538. The van der Waals surface area contributed by atoms with Gasteiger partial charge in [0.2, 0.25) is 0 Å². The molecule has 0 aliphatic rings. The number of unbranched alkanes of at least 4 members (excludes halogenated alkanes) is 13. The third kappa shape index (κ3) is 10.9. The van der Waals surface area contributed by atoms with Gasteiger partial charge in [-0.05, 0) is 22.0 Å². The van der Waals surface area contributed by atoms with E-state index in [0.29, 0.717) is 0 Å². The molecule has 1 heteroatoms. The number of hydrogen-bond donors (Lipinski definition) is 1. The van der Waals surface area contributed by atoms with Gasteiger partial charge in [-0.25, -0.2) is 10.9 Å². The van der Waals surface area contributed by atoms with Gasteiger partial charge in [0.15, 0.2) is 0 Å². The third-order valence-electron chi connectivity index (χ3n) is 5.87. The van der Waals surface area contributed by atoms with Gasteiger partial charge in [-0.15, -0.1) is 0 Å². The summed E-state index contributed by atoms with van der Waals surface area (Å²) in [6.07, 6.45) is 20.1. The normalized spacial score (nSPS) is 11.6. The first-order valence-corrected chi connectivity index (χ1v) is 13.8. The topological polar surface area (TPSA) is 0 Å². The Labute approximate surface area is 183 Å². The van der Waals surface area contributed by atoms with E-state index in [2.05, 4.69) is 67.6 Å². The maximum Gasteiger partial charge on any atom is -0.00855 e. The SMILES string of the molecule is CCCCCCCCCCCCCCCC[SH](c1ccccc1)c1ccccc1. The molecule has 0 atom stereocenters. The van der Waals surface area contributed by atoms with Crippen molar-refractivity contribution in [1.82, 2.24) is 0 Å². The molecule has 29 heavy (non-hydrogen) atoms. The molecule has 162 valence electrons. The van der Waals surface area contributed by atoms with Crippen LogP contribution in [-0.2, 0) is 0 Å². The van der Waals surface area contributed by atoms with Crippen LogP contribution in [0.15, 0.2) is 70.5 Å². The van der Waals surface area contributed by atoms with Crippen molar-refractivity contribution in [2.75, 3.05) is 5.75 Å². The average Bonchev–Trinajstić information content (AvgIpc) is 2.78. The lowest BCUT2D eigenvalue weighted by atomic mass is 10.0. The fraction of sp³-hybridized carbons (Fsp3) is 0.571. The fourth-order valence-electron chi connectivity index (χ4n) is 4.09. The monoisotopic (exact) mass is 412 g/mol. The lowest BCUT2D eigenvalue weighted by Crippen LogP contribution is -1.93. The van der Waals surface area contributed by atoms with Gasteiger partial charge >= 0.3 is 0 Å². The Hall–Kier alpha value is -1.21. The minimum atomic E-state index is -0.191. The average molecular weight is 413 g/mol. The molecule has 0 aromatic heterocycles. The van der Waals surface area contributed by atoms with E-state index in [1.807, 2.05) is 0 Å². The zero-order chi connectivity index (χ0) is 20.4. The zero-order valence-electron chi connectivity index (χ0n) is 18.8. The first-order chi connectivity index (χ1) is 14.4. The van der Waals surface area contributed by atoms with Crippen LogP contribution in [0, 0.1) is 0 Å². The summed E-state index contributed by atoms with van der Waals surface area (Å²) in [5.74, 6) is 1.33. The smallest absolute Gasteiger partial charge is 0.00855 e. The van der Waals surface area contributed by atoms with Crippen molar-refractivity contribution in [1.29, 1.82) is 0 Å². The molecule has 2 rings (SSSR count). The maximum absolute atomic E-state index is 2.32. The van der Waals surface area contributed by atoms with Gasteiger partial charge in [0.1, 0.15) is 0 Å². The molecule has 0 unspecified atom stereocenters. The number of hydrogen-bond acceptors (Lipinski definition) is 0. The summed E-state index contributed by atoms with van der Waals surface area (Å²) < 4.78 is 0. The number of thiol groups is 1. The summed E-state index contributed by atoms with van der Waals surface area (Å²) in [6.45, 7) is 2.30. The molecule has 0 spiro atoms. The van der Waals surface area contributed by atoms with Gasteiger partial charge in [0.25, 0.3) is 0 Å². The highest BCUT2D eigenvalue weighted by atomic mass is 32.2. The molecule has 0 N–H and O–H groups in total. The fourth-order valence-corrected chi connectivity index (χ4v) is 6.51. The van der Waals surface area contributed by atoms with E-state index in [-0.39, 0.29) is 10.9 Å². The van der Waals surface area contributed by atoms with Crippen LogP contribution in [0.1, 0.15) is 96.8 Å². The van der Waals surface area contributed by atoms with Gasteiger partial charge in [-0.1, -0.05) is 151 Å². The van der Waals surface area contributed by atoms with E-state index < -0.39 is 0 Å². The minimum absolute atomic E-state index is 0.191. The predicted octanol–water partition coefficient (Wildman–Crippen LogP) is 9.59. The van der Waals surface area contributed by atoms with Gasteiger partial charge in [-0.2, -0.15) is 0 Å². The Kier molecular flexibility index (Phi) is 13.8. The predicted molar refractivity (Wildman–Crippen MR) is 134 cm³/mol. The second kappa shape index (κ2) is 16.6. The summed E-state index contributed by atoms with van der Waals surface area (Å²) in [6, 6.07) is 22.3. The van der Waals surface area contributed by atoms with Crippen molar-refractivity contribution in [3.63, 3.8) is 0 Å². The van der Waals surface area contributed by atoms with Crippen LogP contribution in [-0.4, -0.2) is 5.75 Å². The molecule has 0 saturated heterocycles. The van der Waals surface area contributed by atoms with Crippen molar-refractivity contribution in [3.8, 4) is 0 Å². The highest BCUT2D eigenvalue weighted by molar-refractivity contribution is 8.17. The summed E-state index contributed by atoms with van der Waals surface area (Å²) in [5.41, 5.74) is 0. The van der Waals surface area contributed by atoms with Crippen LogP contribution in [0.5, 0.6) is 0 Å². The summed E-state index contributed by atoms with van der Waals surface area (Å²) >= 11 is 0. The van der Waals surface area contributed by atoms with E-state index >= 15 is 0 Å². The molecule has 0 aliphatic carbocycles. The molecule has 0 aliphatic heterocycles. The Bertz CT molecular complexity index is 553. The van der Waals surface area contributed by atoms with Crippen LogP contribution >= 0.6 is 10.9 Å². The van der Waals surface area contributed by atoms with Gasteiger partial charge in [0, 0.05) is 0 Å². The first kappa shape index (κ1) is 24.1. The van der Waals surface area contributed by atoms with Crippen molar-refractivity contribution < 1.29 is 0 Å². The quantitative estimate of drug-likeness (QED) is 0.194. The number of benzene rings is 2. The molecule has 0 bridgehead atoms. The molecule has 0 fully saturated rings. The van der Waals surface area contributed by atoms with E-state index in [0.717, 1.165) is 0 Å². The molecule has 2 aromatic rings. The summed E-state index contributed by atoms with van der Waals surface area (Å²) in [7, 11) is -0.191. The van der Waals surface area contributed by atoms with Crippen LogP contribution in [0.2, 0.25) is 0 Å². The molecular formula is C28H44S. The minimum Gasteiger partial charge on any atom is -0.200 e. The molecular weight excluding hydrogens is 368 g/mol. The summed E-state index contributed by atoms with van der Waals surface area (Å²) in [5, 5.41) is 0. The largest absolute Gasteiger partial charge is 0.200 e. The van der Waals surface area contributed by atoms with Crippen LogP contribution in [0.4, 0.5) is 0 Å². The molecule has 0 heterocycles. The number of rotatable bonds is 17. The first-order valence-electron chi connectivity index (χ1n) is 12.3. The molecule has 0 saturated carbocycles. The van der Waals surface area contributed by atoms with Crippen molar-refractivity contribution in [3.05, 3.63) is 60.7 Å². The molecule has 2 aromatic carbocycles. The Morgan fingerprint density at radius 2 is 0.793 bits per heavy atom. The Balaban J connectivity index is 1.52. The third-order valence-corrected chi connectivity index (χ3v) is 8.48.